The number of nitrogens with one attached hydrogen (secondary N) is 2. The minimum atomic E-state index is -0.570. The Balaban J connectivity index is 2.03. The highest BCUT2D eigenvalue weighted by Crippen LogP contribution is 2.17. The number of benzene rings is 2. The van der Waals surface area contributed by atoms with E-state index in [4.69, 9.17) is 4.74 Å². The molecule has 0 bridgehead atoms. The van der Waals surface area contributed by atoms with Gasteiger partial charge in [0.15, 0.2) is 0 Å². The van der Waals surface area contributed by atoms with Crippen LogP contribution in [0.5, 0.6) is 0 Å². The maximum atomic E-state index is 12.9. The van der Waals surface area contributed by atoms with E-state index in [9.17, 15) is 14.0 Å². The molecule has 0 unspecified atom stereocenters. The SMILES string of the molecule is CC(C)NC(=O)Nc1ccccc1C(=O)OCc1ccc(F)cc1. The summed E-state index contributed by atoms with van der Waals surface area (Å²) in [4.78, 5) is 24.0. The summed E-state index contributed by atoms with van der Waals surface area (Å²) in [7, 11) is 0. The van der Waals surface area contributed by atoms with Gasteiger partial charge in [-0.15, -0.1) is 0 Å². The summed E-state index contributed by atoms with van der Waals surface area (Å²) >= 11 is 0. The highest BCUT2D eigenvalue weighted by Gasteiger charge is 2.14. The largest absolute Gasteiger partial charge is 0.457 e. The molecule has 0 saturated carbocycles. The first-order valence-corrected chi connectivity index (χ1v) is 7.54. The number of carbonyl (C=O) groups excluding carboxylic acids is 2. The molecule has 2 amide bonds. The van der Waals surface area contributed by atoms with Gasteiger partial charge in [-0.25, -0.2) is 14.0 Å². The van der Waals surface area contributed by atoms with Crippen molar-refractivity contribution in [2.24, 2.45) is 0 Å². The second-order valence-corrected chi connectivity index (χ2v) is 5.50. The van der Waals surface area contributed by atoms with Crippen molar-refractivity contribution in [3.63, 3.8) is 0 Å². The van der Waals surface area contributed by atoms with Crippen molar-refractivity contribution in [3.05, 3.63) is 65.5 Å². The molecular weight excluding hydrogens is 311 g/mol. The fourth-order valence-corrected chi connectivity index (χ4v) is 2.00. The Kier molecular flexibility index (Phi) is 5.89. The second-order valence-electron chi connectivity index (χ2n) is 5.50. The first-order chi connectivity index (χ1) is 11.5. The summed E-state index contributed by atoms with van der Waals surface area (Å²) < 4.78 is 18.1. The van der Waals surface area contributed by atoms with E-state index in [1.54, 1.807) is 36.4 Å². The van der Waals surface area contributed by atoms with Crippen LogP contribution in [0.1, 0.15) is 29.8 Å². The standard InChI is InChI=1S/C18H19FN2O3/c1-12(2)20-18(23)21-16-6-4-3-5-15(16)17(22)24-11-13-7-9-14(19)10-8-13/h3-10,12H,11H2,1-2H3,(H2,20,21,23). The molecule has 0 aromatic heterocycles. The molecule has 5 nitrogen and oxygen atoms in total. The molecule has 6 heteroatoms. The fourth-order valence-electron chi connectivity index (χ4n) is 2.00. The molecule has 2 aromatic carbocycles. The van der Waals surface area contributed by atoms with Gasteiger partial charge in [-0.05, 0) is 43.7 Å². The average molecular weight is 330 g/mol. The van der Waals surface area contributed by atoms with Crippen molar-refractivity contribution in [1.29, 1.82) is 0 Å². The van der Waals surface area contributed by atoms with E-state index < -0.39 is 12.0 Å². The summed E-state index contributed by atoms with van der Waals surface area (Å²) in [6, 6.07) is 11.8. The molecule has 2 N–H and O–H groups in total. The lowest BCUT2D eigenvalue weighted by Crippen LogP contribution is -2.34. The van der Waals surface area contributed by atoms with Crippen LogP contribution in [0.2, 0.25) is 0 Å². The van der Waals surface area contributed by atoms with Crippen molar-refractivity contribution in [2.75, 3.05) is 5.32 Å². The Bertz CT molecular complexity index is 714. The van der Waals surface area contributed by atoms with Gasteiger partial charge < -0.3 is 15.4 Å². The minimum Gasteiger partial charge on any atom is -0.457 e. The predicted molar refractivity (Wildman–Crippen MR) is 89.3 cm³/mol. The lowest BCUT2D eigenvalue weighted by molar-refractivity contribution is 0.0474. The van der Waals surface area contributed by atoms with E-state index in [1.807, 2.05) is 13.8 Å². The van der Waals surface area contributed by atoms with Gasteiger partial charge in [0.2, 0.25) is 0 Å². The molecule has 0 spiro atoms. The van der Waals surface area contributed by atoms with E-state index >= 15 is 0 Å². The number of carbonyl (C=O) groups is 2. The van der Waals surface area contributed by atoms with Crippen LogP contribution in [0.3, 0.4) is 0 Å². The van der Waals surface area contributed by atoms with Gasteiger partial charge in [0.05, 0.1) is 11.3 Å². The number of esters is 1. The summed E-state index contributed by atoms with van der Waals surface area (Å²) in [5.74, 6) is -0.921. The number of ether oxygens (including phenoxy) is 1. The zero-order valence-electron chi connectivity index (χ0n) is 13.5. The van der Waals surface area contributed by atoms with Crippen LogP contribution in [-0.2, 0) is 11.3 Å². The van der Waals surface area contributed by atoms with E-state index in [2.05, 4.69) is 10.6 Å². The number of anilines is 1. The highest BCUT2D eigenvalue weighted by atomic mass is 19.1. The molecule has 0 fully saturated rings. The molecule has 126 valence electrons. The molecule has 0 saturated heterocycles. The van der Waals surface area contributed by atoms with Crippen LogP contribution >= 0.6 is 0 Å². The molecular formula is C18H19FN2O3. The van der Waals surface area contributed by atoms with Gasteiger partial charge in [0.25, 0.3) is 0 Å². The third kappa shape index (κ3) is 5.08. The van der Waals surface area contributed by atoms with Crippen LogP contribution < -0.4 is 10.6 Å². The second kappa shape index (κ2) is 8.10. The van der Waals surface area contributed by atoms with E-state index in [1.165, 1.54) is 12.1 Å². The van der Waals surface area contributed by atoms with Crippen LogP contribution in [0, 0.1) is 5.82 Å². The summed E-state index contributed by atoms with van der Waals surface area (Å²) in [6.07, 6.45) is 0. The summed E-state index contributed by atoms with van der Waals surface area (Å²) in [5, 5.41) is 5.31. The van der Waals surface area contributed by atoms with Gasteiger partial charge in [0.1, 0.15) is 12.4 Å². The average Bonchev–Trinajstić information content (AvgIpc) is 2.53. The zero-order valence-corrected chi connectivity index (χ0v) is 13.5. The Labute approximate surface area is 139 Å². The number of urea groups is 1. The van der Waals surface area contributed by atoms with Crippen molar-refractivity contribution >= 4 is 17.7 Å². The molecule has 0 atom stereocenters. The number of rotatable bonds is 5. The number of amides is 2. The Morgan fingerprint density at radius 3 is 2.42 bits per heavy atom. The molecule has 2 rings (SSSR count). The van der Waals surface area contributed by atoms with E-state index in [0.29, 0.717) is 11.3 Å². The van der Waals surface area contributed by atoms with Gasteiger partial charge in [-0.1, -0.05) is 24.3 Å². The highest BCUT2D eigenvalue weighted by molar-refractivity contribution is 6.00. The zero-order chi connectivity index (χ0) is 17.5. The Morgan fingerprint density at radius 1 is 1.08 bits per heavy atom. The fraction of sp³-hybridized carbons (Fsp3) is 0.222. The van der Waals surface area contributed by atoms with Crippen molar-refractivity contribution in [3.8, 4) is 0 Å². The Morgan fingerprint density at radius 2 is 1.75 bits per heavy atom. The molecule has 0 radical (unpaired) electrons. The minimum absolute atomic E-state index is 0.0195. The maximum Gasteiger partial charge on any atom is 0.340 e. The number of para-hydroxylation sites is 1. The lowest BCUT2D eigenvalue weighted by atomic mass is 10.2. The topological polar surface area (TPSA) is 67.4 Å². The Hall–Kier alpha value is -2.89. The lowest BCUT2D eigenvalue weighted by Gasteiger charge is -2.13. The monoisotopic (exact) mass is 330 g/mol. The van der Waals surface area contributed by atoms with Crippen LogP contribution in [-0.4, -0.2) is 18.0 Å². The van der Waals surface area contributed by atoms with Gasteiger partial charge in [-0.3, -0.25) is 0 Å². The molecule has 2 aromatic rings. The van der Waals surface area contributed by atoms with Crippen LogP contribution in [0.15, 0.2) is 48.5 Å². The van der Waals surface area contributed by atoms with Crippen molar-refractivity contribution < 1.29 is 18.7 Å². The van der Waals surface area contributed by atoms with E-state index in [0.717, 1.165) is 0 Å². The molecule has 0 heterocycles. The molecule has 0 aliphatic heterocycles. The maximum absolute atomic E-state index is 12.9. The number of hydrogen-bond donors (Lipinski definition) is 2. The summed E-state index contributed by atoms with van der Waals surface area (Å²) in [6.45, 7) is 3.69. The van der Waals surface area contributed by atoms with Crippen molar-refractivity contribution in [1.82, 2.24) is 5.32 Å². The third-order valence-corrected chi connectivity index (χ3v) is 3.10. The number of hydrogen-bond acceptors (Lipinski definition) is 3. The van der Waals surface area contributed by atoms with Crippen LogP contribution in [0.4, 0.5) is 14.9 Å². The quantitative estimate of drug-likeness (QED) is 0.821. The normalized spacial score (nSPS) is 10.3. The molecule has 0 aliphatic carbocycles. The predicted octanol–water partition coefficient (Wildman–Crippen LogP) is 3.71. The first-order valence-electron chi connectivity index (χ1n) is 7.54. The van der Waals surface area contributed by atoms with Gasteiger partial charge >= 0.3 is 12.0 Å². The molecule has 0 aliphatic rings. The van der Waals surface area contributed by atoms with E-state index in [-0.39, 0.29) is 24.0 Å². The first kappa shape index (κ1) is 17.5. The van der Waals surface area contributed by atoms with Crippen molar-refractivity contribution in [2.45, 2.75) is 26.5 Å². The van der Waals surface area contributed by atoms with Gasteiger partial charge in [-0.2, -0.15) is 0 Å². The third-order valence-electron chi connectivity index (χ3n) is 3.10. The summed E-state index contributed by atoms with van der Waals surface area (Å²) in [5.41, 5.74) is 1.28. The smallest absolute Gasteiger partial charge is 0.340 e. The van der Waals surface area contributed by atoms with Gasteiger partial charge in [0, 0.05) is 6.04 Å². The van der Waals surface area contributed by atoms with Crippen LogP contribution in [0.25, 0.3) is 0 Å². The molecule has 24 heavy (non-hydrogen) atoms. The number of halogens is 1.